The normalized spacial score (nSPS) is 16.9. The molecule has 0 saturated heterocycles. The second-order valence-electron chi connectivity index (χ2n) is 14.9. The molecule has 4 rings (SSSR count). The third-order valence-corrected chi connectivity index (χ3v) is 9.07. The van der Waals surface area contributed by atoms with E-state index < -0.39 is 23.7 Å². The maximum atomic E-state index is 13.5. The van der Waals surface area contributed by atoms with Gasteiger partial charge in [0.15, 0.2) is 0 Å². The van der Waals surface area contributed by atoms with Crippen LogP contribution in [0.15, 0.2) is 36.8 Å². The minimum atomic E-state index is -0.841. The van der Waals surface area contributed by atoms with Crippen LogP contribution in [0.4, 0.5) is 10.5 Å². The Kier molecular flexibility index (Phi) is 14.8. The molecule has 1 fully saturated rings. The number of carbonyl (C=O) groups is 4. The van der Waals surface area contributed by atoms with Crippen LogP contribution in [-0.4, -0.2) is 88.5 Å². The lowest BCUT2D eigenvalue weighted by Gasteiger charge is -2.28. The van der Waals surface area contributed by atoms with E-state index in [9.17, 15) is 24.4 Å². The maximum Gasteiger partial charge on any atom is 0.408 e. The maximum absolute atomic E-state index is 13.5. The van der Waals surface area contributed by atoms with Gasteiger partial charge in [0.1, 0.15) is 35.8 Å². The Morgan fingerprint density at radius 2 is 1.76 bits per heavy atom. The van der Waals surface area contributed by atoms with Crippen LogP contribution in [0.1, 0.15) is 96.5 Å². The van der Waals surface area contributed by atoms with E-state index in [1.54, 1.807) is 33.0 Å². The van der Waals surface area contributed by atoms with Crippen molar-refractivity contribution < 1.29 is 33.4 Å². The minimum Gasteiger partial charge on any atom is -0.462 e. The van der Waals surface area contributed by atoms with E-state index >= 15 is 0 Å². The van der Waals surface area contributed by atoms with E-state index in [0.717, 1.165) is 5.39 Å². The Morgan fingerprint density at radius 3 is 2.43 bits per heavy atom. The summed E-state index contributed by atoms with van der Waals surface area (Å²) in [6.45, 7) is 13.7. The van der Waals surface area contributed by atoms with Crippen molar-refractivity contribution >= 4 is 40.6 Å². The summed E-state index contributed by atoms with van der Waals surface area (Å²) in [5.41, 5.74) is 1.50. The fourth-order valence-corrected chi connectivity index (χ4v) is 6.11. The van der Waals surface area contributed by atoms with E-state index in [2.05, 4.69) is 37.3 Å². The first kappa shape index (κ1) is 41.5. The molecule has 0 bridgehead atoms. The minimum absolute atomic E-state index is 0.00733. The van der Waals surface area contributed by atoms with E-state index in [-0.39, 0.29) is 55.6 Å². The van der Waals surface area contributed by atoms with Gasteiger partial charge in [0.2, 0.25) is 5.91 Å². The zero-order valence-corrected chi connectivity index (χ0v) is 32.4. The van der Waals surface area contributed by atoms with Gasteiger partial charge in [0.05, 0.1) is 30.0 Å². The monoisotopic (exact) mass is 746 g/mol. The van der Waals surface area contributed by atoms with Crippen molar-refractivity contribution in [2.45, 2.75) is 104 Å². The number of nitrogens with one attached hydrogen (secondary N) is 4. The van der Waals surface area contributed by atoms with Gasteiger partial charge in [-0.25, -0.2) is 19.6 Å². The number of aromatic nitrogens is 3. The zero-order valence-electron chi connectivity index (χ0n) is 32.4. The van der Waals surface area contributed by atoms with Crippen LogP contribution in [0, 0.1) is 23.2 Å². The van der Waals surface area contributed by atoms with Crippen LogP contribution < -0.4 is 21.3 Å². The first-order valence-electron chi connectivity index (χ1n) is 18.7. The van der Waals surface area contributed by atoms with Crippen LogP contribution in [0.5, 0.6) is 0 Å². The summed E-state index contributed by atoms with van der Waals surface area (Å²) in [5.74, 6) is -0.586. The Morgan fingerprint density at radius 1 is 1.02 bits per heavy atom. The highest BCUT2D eigenvalue weighted by molar-refractivity contribution is 6.00. The van der Waals surface area contributed by atoms with E-state index in [1.165, 1.54) is 6.20 Å². The number of alkyl carbamates (subject to hydrolysis) is 1. The van der Waals surface area contributed by atoms with Crippen molar-refractivity contribution in [3.63, 3.8) is 0 Å². The number of nitriles is 1. The molecule has 3 aromatic rings. The lowest BCUT2D eigenvalue weighted by Crippen LogP contribution is -2.47. The molecule has 0 radical (unpaired) electrons. The molecule has 1 aliphatic rings. The van der Waals surface area contributed by atoms with Crippen molar-refractivity contribution in [1.29, 1.82) is 5.26 Å². The van der Waals surface area contributed by atoms with Gasteiger partial charge in [-0.05, 0) is 78.4 Å². The lowest BCUT2D eigenvalue weighted by atomic mass is 9.85. The number of rotatable bonds is 16. The molecule has 3 heterocycles. The summed E-state index contributed by atoms with van der Waals surface area (Å²) in [6, 6.07) is 6.70. The molecule has 0 spiro atoms. The summed E-state index contributed by atoms with van der Waals surface area (Å²) in [5, 5.41) is 22.1. The molecular weight excluding hydrogens is 692 g/mol. The number of fused-ring (bicyclic) bond motifs is 1. The highest BCUT2D eigenvalue weighted by Crippen LogP contribution is 2.27. The van der Waals surface area contributed by atoms with Gasteiger partial charge in [-0.15, -0.1) is 0 Å². The van der Waals surface area contributed by atoms with E-state index in [4.69, 9.17) is 14.2 Å². The number of hydrogen-bond acceptors (Lipinski definition) is 11. The van der Waals surface area contributed by atoms with Gasteiger partial charge in [-0.2, -0.15) is 5.26 Å². The number of nitrogens with zero attached hydrogens (tertiary/aromatic N) is 4. The molecule has 0 aliphatic heterocycles. The Balaban J connectivity index is 1.18. The number of amides is 3. The lowest BCUT2D eigenvalue weighted by molar-refractivity contribution is -0.149. The highest BCUT2D eigenvalue weighted by Gasteiger charge is 2.30. The van der Waals surface area contributed by atoms with Crippen LogP contribution in [0.25, 0.3) is 16.9 Å². The molecule has 1 aliphatic carbocycles. The molecule has 15 heteroatoms. The number of carbonyl (C=O) groups excluding carboxylic acids is 4. The van der Waals surface area contributed by atoms with Crippen LogP contribution in [0.2, 0.25) is 0 Å². The smallest absolute Gasteiger partial charge is 0.408 e. The summed E-state index contributed by atoms with van der Waals surface area (Å²) in [4.78, 5) is 60.2. The molecule has 15 nitrogen and oxygen atoms in total. The van der Waals surface area contributed by atoms with Crippen molar-refractivity contribution in [3.8, 4) is 11.9 Å². The number of ether oxygens (including phenoxy) is 3. The molecule has 2 atom stereocenters. The second kappa shape index (κ2) is 19.2. The van der Waals surface area contributed by atoms with E-state index in [0.29, 0.717) is 66.9 Å². The van der Waals surface area contributed by atoms with Gasteiger partial charge in [0.25, 0.3) is 5.91 Å². The average molecular weight is 747 g/mol. The Bertz CT molecular complexity index is 1800. The highest BCUT2D eigenvalue weighted by atomic mass is 16.6. The second-order valence-corrected chi connectivity index (χ2v) is 14.9. The summed E-state index contributed by atoms with van der Waals surface area (Å²) < 4.78 is 18.0. The molecule has 0 unspecified atom stereocenters. The third kappa shape index (κ3) is 11.9. The van der Waals surface area contributed by atoms with Crippen molar-refractivity contribution in [3.05, 3.63) is 47.9 Å². The fourth-order valence-electron chi connectivity index (χ4n) is 6.11. The predicted octanol–water partition coefficient (Wildman–Crippen LogP) is 5.02. The number of anilines is 1. The number of hydrogen-bond donors (Lipinski definition) is 4. The largest absolute Gasteiger partial charge is 0.462 e. The van der Waals surface area contributed by atoms with Gasteiger partial charge in [-0.3, -0.25) is 14.2 Å². The number of esters is 1. The first-order chi connectivity index (χ1) is 25.7. The zero-order chi connectivity index (χ0) is 39.4. The average Bonchev–Trinajstić information content (AvgIpc) is 3.55. The van der Waals surface area contributed by atoms with Crippen molar-refractivity contribution in [2.24, 2.45) is 11.8 Å². The molecule has 54 heavy (non-hydrogen) atoms. The topological polar surface area (TPSA) is 199 Å². The molecule has 3 amide bonds. The molecule has 1 saturated carbocycles. The molecule has 4 N–H and O–H groups in total. The summed E-state index contributed by atoms with van der Waals surface area (Å²) in [7, 11) is 0. The van der Waals surface area contributed by atoms with Crippen molar-refractivity contribution in [1.82, 2.24) is 30.5 Å². The van der Waals surface area contributed by atoms with Gasteiger partial charge in [0, 0.05) is 54.6 Å². The summed E-state index contributed by atoms with van der Waals surface area (Å²) >= 11 is 0. The fraction of sp³-hybridized carbons (Fsp3) is 0.564. The van der Waals surface area contributed by atoms with Crippen LogP contribution >= 0.6 is 0 Å². The Hall–Kier alpha value is -5.23. The number of pyridine rings is 2. The predicted molar refractivity (Wildman–Crippen MR) is 203 cm³/mol. The van der Waals surface area contributed by atoms with E-state index in [1.807, 2.05) is 50.6 Å². The first-order valence-corrected chi connectivity index (χ1v) is 18.7. The molecule has 0 aromatic carbocycles. The standard InChI is InChI=1S/C39H54N8O7/c1-8-25(4)33(46-38(51)54-39(5,6)7)37(50)53-18-17-52-16-14-41-35(48)27-9-11-29(12-10-27)45-36(49)30-23-42-32(20-31(30)44-24(2)3)47-15-13-28-19-26(21-40)22-43-34(28)47/h13,15,19-20,22-25,27,29,33H,8-12,14,16-18H2,1-7H3,(H,41,48)(H,42,44)(H,45,49)(H,46,51)/t25-,27?,29?,33-/m0/s1. The third-order valence-electron chi connectivity index (χ3n) is 9.07. The van der Waals surface area contributed by atoms with Crippen LogP contribution in [0.3, 0.4) is 0 Å². The van der Waals surface area contributed by atoms with Gasteiger partial charge in [-0.1, -0.05) is 20.3 Å². The van der Waals surface area contributed by atoms with Gasteiger partial charge < -0.3 is 35.5 Å². The van der Waals surface area contributed by atoms with Crippen LogP contribution in [-0.2, 0) is 23.8 Å². The van der Waals surface area contributed by atoms with Gasteiger partial charge >= 0.3 is 12.1 Å². The van der Waals surface area contributed by atoms with Crippen molar-refractivity contribution in [2.75, 3.05) is 31.7 Å². The summed E-state index contributed by atoms with van der Waals surface area (Å²) in [6.07, 6.45) is 7.49. The Labute approximate surface area is 316 Å². The molecule has 3 aromatic heterocycles. The quantitative estimate of drug-likeness (QED) is 0.113. The molecular formula is C39H54N8O7. The molecule has 292 valence electrons. The SMILES string of the molecule is CC[C@H](C)[C@H](NC(=O)OC(C)(C)C)C(=O)OCCOCCNC(=O)C1CCC(NC(=O)c2cnc(-n3ccc4cc(C#N)cnc43)cc2NC(C)C)CC1.